The molecule has 18 heavy (non-hydrogen) atoms. The Hall–Kier alpha value is -0.570. The topological polar surface area (TPSA) is 40.5 Å². The maximum atomic E-state index is 11.4. The summed E-state index contributed by atoms with van der Waals surface area (Å²) in [6, 6.07) is 0.847. The summed E-state index contributed by atoms with van der Waals surface area (Å²) in [5, 5.41) is 9.38. The minimum atomic E-state index is -0.634. The molecule has 0 aromatic carbocycles. The van der Waals surface area contributed by atoms with Gasteiger partial charge < -0.3 is 5.11 Å². The lowest BCUT2D eigenvalue weighted by atomic mass is 9.73. The summed E-state index contributed by atoms with van der Waals surface area (Å²) < 4.78 is 0. The number of carboxylic acid groups (broad SMARTS) is 1. The van der Waals surface area contributed by atoms with E-state index in [9.17, 15) is 9.90 Å². The molecule has 5 unspecified atom stereocenters. The average molecular weight is 251 g/mol. The van der Waals surface area contributed by atoms with Crippen molar-refractivity contribution in [2.24, 2.45) is 11.8 Å². The van der Waals surface area contributed by atoms with Gasteiger partial charge in [0.25, 0.3) is 0 Å². The number of likely N-dealkylation sites (tertiary alicyclic amines) is 1. The van der Waals surface area contributed by atoms with Gasteiger partial charge in [-0.2, -0.15) is 0 Å². The van der Waals surface area contributed by atoms with Crippen LogP contribution in [0.3, 0.4) is 0 Å². The quantitative estimate of drug-likeness (QED) is 0.820. The SMILES string of the molecule is CC(C(=O)O)N1C2CCCCC2C2CCCCC21. The van der Waals surface area contributed by atoms with Gasteiger partial charge in [-0.1, -0.05) is 25.7 Å². The van der Waals surface area contributed by atoms with Crippen LogP contribution in [0.1, 0.15) is 58.3 Å². The number of hydrogen-bond acceptors (Lipinski definition) is 2. The number of carbonyl (C=O) groups is 1. The second-order valence-electron chi connectivity index (χ2n) is 6.49. The van der Waals surface area contributed by atoms with Crippen molar-refractivity contribution in [3.8, 4) is 0 Å². The summed E-state index contributed by atoms with van der Waals surface area (Å²) in [7, 11) is 0. The molecule has 1 aliphatic heterocycles. The van der Waals surface area contributed by atoms with Crippen LogP contribution in [0.5, 0.6) is 0 Å². The van der Waals surface area contributed by atoms with Crippen molar-refractivity contribution in [2.75, 3.05) is 0 Å². The van der Waals surface area contributed by atoms with Crippen molar-refractivity contribution in [1.29, 1.82) is 0 Å². The fourth-order valence-electron chi connectivity index (χ4n) is 4.97. The van der Waals surface area contributed by atoms with E-state index in [0.29, 0.717) is 12.1 Å². The lowest BCUT2D eigenvalue weighted by Gasteiger charge is -2.37. The van der Waals surface area contributed by atoms with Crippen LogP contribution < -0.4 is 0 Å². The molecule has 1 heterocycles. The maximum absolute atomic E-state index is 11.4. The number of hydrogen-bond donors (Lipinski definition) is 1. The first-order chi connectivity index (χ1) is 8.70. The summed E-state index contributed by atoms with van der Waals surface area (Å²) in [5.74, 6) is 0.960. The Kier molecular flexibility index (Phi) is 3.35. The lowest BCUT2D eigenvalue weighted by Crippen LogP contribution is -2.48. The molecule has 0 aromatic rings. The Morgan fingerprint density at radius 1 is 1.00 bits per heavy atom. The molecule has 5 atom stereocenters. The molecule has 1 N–H and O–H groups in total. The molecule has 0 spiro atoms. The molecule has 0 radical (unpaired) electrons. The van der Waals surface area contributed by atoms with E-state index in [0.717, 1.165) is 11.8 Å². The van der Waals surface area contributed by atoms with E-state index >= 15 is 0 Å². The van der Waals surface area contributed by atoms with Crippen LogP contribution in [0.2, 0.25) is 0 Å². The molecule has 0 aromatic heterocycles. The highest BCUT2D eigenvalue weighted by molar-refractivity contribution is 5.73. The summed E-state index contributed by atoms with van der Waals surface area (Å²) in [6.07, 6.45) is 10.5. The Morgan fingerprint density at radius 2 is 1.44 bits per heavy atom. The van der Waals surface area contributed by atoms with Gasteiger partial charge in [-0.3, -0.25) is 9.69 Å². The molecule has 0 bridgehead atoms. The van der Waals surface area contributed by atoms with E-state index in [4.69, 9.17) is 0 Å². The monoisotopic (exact) mass is 251 g/mol. The number of carboxylic acids is 1. The van der Waals surface area contributed by atoms with Crippen LogP contribution >= 0.6 is 0 Å². The third kappa shape index (κ3) is 1.87. The number of fused-ring (bicyclic) bond motifs is 3. The van der Waals surface area contributed by atoms with Crippen molar-refractivity contribution < 1.29 is 9.90 Å². The van der Waals surface area contributed by atoms with E-state index in [1.807, 2.05) is 6.92 Å². The Labute approximate surface area is 110 Å². The predicted molar refractivity (Wildman–Crippen MR) is 70.4 cm³/mol. The molecule has 3 heteroatoms. The zero-order valence-corrected chi connectivity index (χ0v) is 11.3. The van der Waals surface area contributed by atoms with Gasteiger partial charge in [0.05, 0.1) is 0 Å². The Balaban J connectivity index is 1.87. The standard InChI is InChI=1S/C15H25NO2/c1-10(15(17)18)16-13-8-4-2-6-11(13)12-7-3-5-9-14(12)16/h10-14H,2-9H2,1H3,(H,17,18). The summed E-state index contributed by atoms with van der Waals surface area (Å²) >= 11 is 0. The third-order valence-corrected chi connectivity index (χ3v) is 5.68. The van der Waals surface area contributed by atoms with Crippen molar-refractivity contribution >= 4 is 5.97 Å². The molecule has 102 valence electrons. The van der Waals surface area contributed by atoms with E-state index in [2.05, 4.69) is 4.90 Å². The lowest BCUT2D eigenvalue weighted by molar-refractivity contribution is -0.144. The zero-order valence-electron chi connectivity index (χ0n) is 11.3. The fourth-order valence-corrected chi connectivity index (χ4v) is 4.97. The summed E-state index contributed by atoms with van der Waals surface area (Å²) in [5.41, 5.74) is 0. The smallest absolute Gasteiger partial charge is 0.320 e. The van der Waals surface area contributed by atoms with Crippen molar-refractivity contribution in [3.05, 3.63) is 0 Å². The van der Waals surface area contributed by atoms with Gasteiger partial charge in [0.1, 0.15) is 6.04 Å². The number of aliphatic carboxylic acids is 1. The second-order valence-corrected chi connectivity index (χ2v) is 6.49. The van der Waals surface area contributed by atoms with Gasteiger partial charge in [-0.05, 0) is 44.4 Å². The number of rotatable bonds is 2. The molecule has 3 aliphatic rings. The molecule has 2 aliphatic carbocycles. The molecule has 1 saturated heterocycles. The molecule has 3 nitrogen and oxygen atoms in total. The van der Waals surface area contributed by atoms with Crippen molar-refractivity contribution in [2.45, 2.75) is 76.4 Å². The zero-order chi connectivity index (χ0) is 12.7. The average Bonchev–Trinajstić information content (AvgIpc) is 2.72. The third-order valence-electron chi connectivity index (χ3n) is 5.68. The molecule has 3 fully saturated rings. The van der Waals surface area contributed by atoms with Gasteiger partial charge in [0, 0.05) is 12.1 Å². The van der Waals surface area contributed by atoms with E-state index in [-0.39, 0.29) is 6.04 Å². The van der Waals surface area contributed by atoms with Gasteiger partial charge in [-0.15, -0.1) is 0 Å². The largest absolute Gasteiger partial charge is 0.480 e. The molecule has 0 amide bonds. The first-order valence-corrected chi connectivity index (χ1v) is 7.70. The number of nitrogens with zero attached hydrogens (tertiary/aromatic N) is 1. The van der Waals surface area contributed by atoms with Gasteiger partial charge in [-0.25, -0.2) is 0 Å². The van der Waals surface area contributed by atoms with Crippen LogP contribution in [0, 0.1) is 11.8 Å². The van der Waals surface area contributed by atoms with E-state index < -0.39 is 5.97 Å². The molecule has 3 rings (SSSR count). The highest BCUT2D eigenvalue weighted by Gasteiger charge is 2.51. The molecule has 2 saturated carbocycles. The van der Waals surface area contributed by atoms with Crippen LogP contribution in [0.25, 0.3) is 0 Å². The van der Waals surface area contributed by atoms with E-state index in [1.54, 1.807) is 0 Å². The predicted octanol–water partition coefficient (Wildman–Crippen LogP) is 2.89. The second kappa shape index (κ2) is 4.84. The minimum Gasteiger partial charge on any atom is -0.480 e. The van der Waals surface area contributed by atoms with Crippen LogP contribution in [0.4, 0.5) is 0 Å². The molecular weight excluding hydrogens is 226 g/mol. The highest BCUT2D eigenvalue weighted by Crippen LogP contribution is 2.49. The Morgan fingerprint density at radius 3 is 1.89 bits per heavy atom. The van der Waals surface area contributed by atoms with Crippen molar-refractivity contribution in [3.63, 3.8) is 0 Å². The normalized spacial score (nSPS) is 42.1. The van der Waals surface area contributed by atoms with Crippen LogP contribution in [-0.4, -0.2) is 34.1 Å². The summed E-state index contributed by atoms with van der Waals surface area (Å²) in [6.45, 7) is 1.89. The Bertz CT molecular complexity index is 308. The van der Waals surface area contributed by atoms with Crippen LogP contribution in [-0.2, 0) is 4.79 Å². The fraction of sp³-hybridized carbons (Fsp3) is 0.933. The molecular formula is C15H25NO2. The highest BCUT2D eigenvalue weighted by atomic mass is 16.4. The van der Waals surface area contributed by atoms with Gasteiger partial charge in [0.15, 0.2) is 0 Å². The minimum absolute atomic E-state index is 0.288. The van der Waals surface area contributed by atoms with Crippen LogP contribution in [0.15, 0.2) is 0 Å². The van der Waals surface area contributed by atoms with Gasteiger partial charge in [0.2, 0.25) is 0 Å². The maximum Gasteiger partial charge on any atom is 0.320 e. The van der Waals surface area contributed by atoms with E-state index in [1.165, 1.54) is 51.4 Å². The first-order valence-electron chi connectivity index (χ1n) is 7.70. The summed E-state index contributed by atoms with van der Waals surface area (Å²) in [4.78, 5) is 13.8. The van der Waals surface area contributed by atoms with Gasteiger partial charge >= 0.3 is 5.97 Å². The van der Waals surface area contributed by atoms with Crippen molar-refractivity contribution in [1.82, 2.24) is 4.90 Å². The first kappa shape index (κ1) is 12.5.